The molecule has 0 saturated heterocycles. The highest BCUT2D eigenvalue weighted by atomic mass is 19.4. The van der Waals surface area contributed by atoms with Crippen molar-refractivity contribution in [2.24, 2.45) is 0 Å². The SMILES string of the molecule is CCO[CH]OC(F)(F)F. The second-order valence-electron chi connectivity index (χ2n) is 1.12. The van der Waals surface area contributed by atoms with Gasteiger partial charge in [0.05, 0.1) is 0 Å². The highest BCUT2D eigenvalue weighted by molar-refractivity contribution is 4.31. The van der Waals surface area contributed by atoms with Gasteiger partial charge in [-0.1, -0.05) is 0 Å². The molecule has 0 N–H and O–H groups in total. The second kappa shape index (κ2) is 3.68. The predicted octanol–water partition coefficient (Wildman–Crippen LogP) is 1.68. The zero-order valence-electron chi connectivity index (χ0n) is 4.73. The van der Waals surface area contributed by atoms with Crippen LogP contribution in [-0.2, 0) is 9.47 Å². The Balaban J connectivity index is 3.07. The lowest BCUT2D eigenvalue weighted by atomic mass is 10.9. The Morgan fingerprint density at radius 3 is 2.33 bits per heavy atom. The lowest BCUT2D eigenvalue weighted by Crippen LogP contribution is -2.12. The highest BCUT2D eigenvalue weighted by Crippen LogP contribution is 2.16. The molecule has 0 fully saturated rings. The van der Waals surface area contributed by atoms with Gasteiger partial charge in [0.25, 0.3) is 0 Å². The third-order valence-corrected chi connectivity index (χ3v) is 0.416. The van der Waals surface area contributed by atoms with E-state index in [-0.39, 0.29) is 13.4 Å². The number of hydrogen-bond acceptors (Lipinski definition) is 2. The monoisotopic (exact) mass is 143 g/mol. The lowest BCUT2D eigenvalue weighted by molar-refractivity contribution is -0.326. The summed E-state index contributed by atoms with van der Waals surface area (Å²) in [6.45, 7) is 1.98. The Morgan fingerprint density at radius 2 is 2.00 bits per heavy atom. The Bertz CT molecular complexity index is 70.7. The average molecular weight is 143 g/mol. The first kappa shape index (κ1) is 8.71. The smallest absolute Gasteiger partial charge is 0.348 e. The van der Waals surface area contributed by atoms with Crippen molar-refractivity contribution >= 4 is 0 Å². The van der Waals surface area contributed by atoms with Gasteiger partial charge in [0.1, 0.15) is 0 Å². The maximum absolute atomic E-state index is 11.0. The van der Waals surface area contributed by atoms with Crippen LogP contribution in [0.15, 0.2) is 0 Å². The molecule has 0 aliphatic rings. The minimum Gasteiger partial charge on any atom is -0.348 e. The van der Waals surface area contributed by atoms with E-state index in [9.17, 15) is 13.2 Å². The molecule has 0 aromatic rings. The van der Waals surface area contributed by atoms with Crippen LogP contribution < -0.4 is 0 Å². The lowest BCUT2D eigenvalue weighted by Gasteiger charge is -2.04. The molecule has 0 unspecified atom stereocenters. The van der Waals surface area contributed by atoms with Crippen molar-refractivity contribution in [3.63, 3.8) is 0 Å². The van der Waals surface area contributed by atoms with E-state index in [1.165, 1.54) is 0 Å². The van der Waals surface area contributed by atoms with Crippen LogP contribution in [0.5, 0.6) is 0 Å². The Kier molecular flexibility index (Phi) is 3.56. The van der Waals surface area contributed by atoms with E-state index in [4.69, 9.17) is 0 Å². The number of alkyl halides is 3. The zero-order chi connectivity index (χ0) is 7.33. The summed E-state index contributed by atoms with van der Waals surface area (Å²) in [4.78, 5) is 0. The van der Waals surface area contributed by atoms with Crippen molar-refractivity contribution < 1.29 is 22.6 Å². The van der Waals surface area contributed by atoms with Crippen LogP contribution in [0.4, 0.5) is 13.2 Å². The molecule has 0 spiro atoms. The van der Waals surface area contributed by atoms with Gasteiger partial charge in [-0.05, 0) is 6.92 Å². The molecule has 0 heterocycles. The van der Waals surface area contributed by atoms with E-state index in [1.54, 1.807) is 6.92 Å². The fraction of sp³-hybridized carbons (Fsp3) is 0.750. The molecule has 0 aliphatic heterocycles. The molecule has 0 amide bonds. The molecule has 0 atom stereocenters. The maximum Gasteiger partial charge on any atom is 0.524 e. The van der Waals surface area contributed by atoms with Crippen LogP contribution in [0, 0.1) is 6.79 Å². The van der Waals surface area contributed by atoms with E-state index < -0.39 is 6.36 Å². The van der Waals surface area contributed by atoms with Gasteiger partial charge in [-0.25, -0.2) is 0 Å². The molecule has 55 valence electrons. The Hall–Kier alpha value is -0.290. The topological polar surface area (TPSA) is 18.5 Å². The maximum atomic E-state index is 11.0. The Labute approximate surface area is 50.6 Å². The number of hydrogen-bond donors (Lipinski definition) is 0. The zero-order valence-corrected chi connectivity index (χ0v) is 4.73. The fourth-order valence-corrected chi connectivity index (χ4v) is 0.157. The van der Waals surface area contributed by atoms with Gasteiger partial charge in [0.2, 0.25) is 6.79 Å². The van der Waals surface area contributed by atoms with Crippen LogP contribution in [0.25, 0.3) is 0 Å². The summed E-state index contributed by atoms with van der Waals surface area (Å²) in [7, 11) is 0. The van der Waals surface area contributed by atoms with Crippen molar-refractivity contribution in [2.75, 3.05) is 6.61 Å². The number of rotatable bonds is 3. The third kappa shape index (κ3) is 7.71. The Morgan fingerprint density at radius 1 is 1.44 bits per heavy atom. The highest BCUT2D eigenvalue weighted by Gasteiger charge is 2.29. The van der Waals surface area contributed by atoms with E-state index in [2.05, 4.69) is 9.47 Å². The average Bonchev–Trinajstić information content (AvgIpc) is 1.63. The van der Waals surface area contributed by atoms with Crippen molar-refractivity contribution in [2.45, 2.75) is 13.3 Å². The summed E-state index contributed by atoms with van der Waals surface area (Å²) in [5, 5.41) is 0. The minimum absolute atomic E-state index is 0.163. The molecule has 5 heteroatoms. The molecule has 9 heavy (non-hydrogen) atoms. The van der Waals surface area contributed by atoms with E-state index in [0.717, 1.165) is 0 Å². The largest absolute Gasteiger partial charge is 0.524 e. The van der Waals surface area contributed by atoms with Gasteiger partial charge in [-0.2, -0.15) is 0 Å². The van der Waals surface area contributed by atoms with Gasteiger partial charge >= 0.3 is 6.36 Å². The van der Waals surface area contributed by atoms with Gasteiger partial charge in [-0.3, -0.25) is 4.74 Å². The van der Waals surface area contributed by atoms with Crippen LogP contribution >= 0.6 is 0 Å². The summed E-state index contributed by atoms with van der Waals surface area (Å²) in [5.41, 5.74) is 0. The minimum atomic E-state index is -4.63. The summed E-state index contributed by atoms with van der Waals surface area (Å²) in [6, 6.07) is 0. The number of ether oxygens (including phenoxy) is 2. The van der Waals surface area contributed by atoms with Gasteiger partial charge in [0, 0.05) is 6.61 Å². The molecule has 0 aromatic heterocycles. The molecule has 1 radical (unpaired) electrons. The molecule has 0 aliphatic carbocycles. The summed E-state index contributed by atoms with van der Waals surface area (Å²) in [5.74, 6) is 0. The van der Waals surface area contributed by atoms with E-state index in [0.29, 0.717) is 0 Å². The van der Waals surface area contributed by atoms with Gasteiger partial charge in [0.15, 0.2) is 0 Å². The summed E-state index contributed by atoms with van der Waals surface area (Å²) in [6.07, 6.45) is -4.63. The van der Waals surface area contributed by atoms with Crippen LogP contribution in [0.3, 0.4) is 0 Å². The molecule has 2 nitrogen and oxygen atoms in total. The third-order valence-electron chi connectivity index (χ3n) is 0.416. The first-order valence-electron chi connectivity index (χ1n) is 2.24. The van der Waals surface area contributed by atoms with Crippen molar-refractivity contribution in [1.29, 1.82) is 0 Å². The molecule has 0 aromatic carbocycles. The molecule has 0 saturated carbocycles. The molecule has 0 bridgehead atoms. The normalized spacial score (nSPS) is 12.0. The van der Waals surface area contributed by atoms with Crippen molar-refractivity contribution in [3.8, 4) is 0 Å². The quantitative estimate of drug-likeness (QED) is 0.559. The van der Waals surface area contributed by atoms with Crippen LogP contribution in [-0.4, -0.2) is 13.0 Å². The van der Waals surface area contributed by atoms with Gasteiger partial charge in [-0.15, -0.1) is 13.2 Å². The summed E-state index contributed by atoms with van der Waals surface area (Å²) >= 11 is 0. The van der Waals surface area contributed by atoms with Gasteiger partial charge < -0.3 is 4.74 Å². The van der Waals surface area contributed by atoms with E-state index >= 15 is 0 Å². The van der Waals surface area contributed by atoms with E-state index in [1.807, 2.05) is 0 Å². The standard InChI is InChI=1S/C4H6F3O2/c1-2-8-3-9-4(5,6)7/h3H,2H2,1H3. The molecular formula is C4H6F3O2. The van der Waals surface area contributed by atoms with Crippen LogP contribution in [0.1, 0.15) is 6.92 Å². The second-order valence-corrected chi connectivity index (χ2v) is 1.12. The molecule has 0 rings (SSSR count). The fourth-order valence-electron chi connectivity index (χ4n) is 0.157. The van der Waals surface area contributed by atoms with Crippen molar-refractivity contribution in [3.05, 3.63) is 6.79 Å². The van der Waals surface area contributed by atoms with Crippen molar-refractivity contribution in [1.82, 2.24) is 0 Å². The summed E-state index contributed by atoms with van der Waals surface area (Å²) < 4.78 is 40.4. The predicted molar refractivity (Wildman–Crippen MR) is 23.1 cm³/mol. The first-order valence-corrected chi connectivity index (χ1v) is 2.24. The van der Waals surface area contributed by atoms with Crippen LogP contribution in [0.2, 0.25) is 0 Å². The first-order chi connectivity index (χ1) is 4.06. The molecular weight excluding hydrogens is 137 g/mol. The number of halogens is 3.